The van der Waals surface area contributed by atoms with Gasteiger partial charge < -0.3 is 15.3 Å². The van der Waals surface area contributed by atoms with Crippen LogP contribution in [0.25, 0.3) is 0 Å². The van der Waals surface area contributed by atoms with Gasteiger partial charge in [-0.2, -0.15) is 13.2 Å². The summed E-state index contributed by atoms with van der Waals surface area (Å²) in [4.78, 5) is 31.3. The Morgan fingerprint density at radius 3 is 2.20 bits per heavy atom. The molecule has 10 heteroatoms. The van der Waals surface area contributed by atoms with Gasteiger partial charge in [-0.15, -0.1) is 5.06 Å². The smallest absolute Gasteiger partial charge is 0.416 e. The highest BCUT2D eigenvalue weighted by atomic mass is 19.4. The number of alkyl halides is 3. The third kappa shape index (κ3) is 6.09. The standard InChI is InChI=1S/C20H28F3N3O4/c1-5-29-17(27)15-11-14(20(21,22)23)10-13(16(15)24)12-25-6-8-26(9-7-25)30-18(28)19(2,3)4/h10-11H,5-9,12,24H2,1-4H3. The summed E-state index contributed by atoms with van der Waals surface area (Å²) in [6.45, 7) is 8.72. The van der Waals surface area contributed by atoms with Gasteiger partial charge >= 0.3 is 18.1 Å². The maximum atomic E-state index is 13.3. The molecule has 1 aromatic carbocycles. The molecule has 0 aliphatic carbocycles. The predicted octanol–water partition coefficient (Wildman–Crippen LogP) is 3.09. The fraction of sp³-hybridized carbons (Fsp3) is 0.600. The molecule has 168 valence electrons. The van der Waals surface area contributed by atoms with Crippen molar-refractivity contribution in [3.8, 4) is 0 Å². The van der Waals surface area contributed by atoms with E-state index in [1.54, 1.807) is 32.8 Å². The molecule has 0 spiro atoms. The van der Waals surface area contributed by atoms with Gasteiger partial charge in [-0.05, 0) is 45.4 Å². The molecule has 1 saturated heterocycles. The van der Waals surface area contributed by atoms with E-state index in [0.717, 1.165) is 12.1 Å². The number of carbonyl (C=O) groups is 2. The summed E-state index contributed by atoms with van der Waals surface area (Å²) in [7, 11) is 0. The van der Waals surface area contributed by atoms with Crippen molar-refractivity contribution >= 4 is 17.6 Å². The molecule has 0 amide bonds. The molecule has 0 unspecified atom stereocenters. The quantitative estimate of drug-likeness (QED) is 0.566. The zero-order valence-corrected chi connectivity index (χ0v) is 17.6. The fourth-order valence-corrected chi connectivity index (χ4v) is 2.86. The van der Waals surface area contributed by atoms with E-state index in [1.807, 2.05) is 4.90 Å². The number of rotatable bonds is 5. The normalized spacial score (nSPS) is 16.4. The Labute approximate surface area is 173 Å². The molecule has 1 aromatic rings. The summed E-state index contributed by atoms with van der Waals surface area (Å²) in [5.41, 5.74) is 4.31. The number of ether oxygens (including phenoxy) is 1. The van der Waals surface area contributed by atoms with Gasteiger partial charge in [0.25, 0.3) is 0 Å². The zero-order chi connectivity index (χ0) is 22.7. The van der Waals surface area contributed by atoms with E-state index in [9.17, 15) is 22.8 Å². The minimum atomic E-state index is -4.62. The van der Waals surface area contributed by atoms with Gasteiger partial charge in [0.1, 0.15) is 0 Å². The van der Waals surface area contributed by atoms with E-state index >= 15 is 0 Å². The van der Waals surface area contributed by atoms with Crippen molar-refractivity contribution in [3.05, 3.63) is 28.8 Å². The van der Waals surface area contributed by atoms with Crippen molar-refractivity contribution in [1.82, 2.24) is 9.96 Å². The maximum absolute atomic E-state index is 13.3. The predicted molar refractivity (Wildman–Crippen MR) is 104 cm³/mol. The van der Waals surface area contributed by atoms with Crippen molar-refractivity contribution in [2.24, 2.45) is 5.41 Å². The number of esters is 1. The van der Waals surface area contributed by atoms with Crippen LogP contribution in [0.5, 0.6) is 0 Å². The van der Waals surface area contributed by atoms with Gasteiger partial charge in [-0.25, -0.2) is 9.59 Å². The number of piperazine rings is 1. The first-order valence-electron chi connectivity index (χ1n) is 9.69. The summed E-state index contributed by atoms with van der Waals surface area (Å²) >= 11 is 0. The van der Waals surface area contributed by atoms with Crippen molar-refractivity contribution in [2.45, 2.75) is 40.4 Å². The molecule has 1 heterocycles. The van der Waals surface area contributed by atoms with E-state index < -0.39 is 23.1 Å². The molecule has 2 N–H and O–H groups in total. The molecule has 1 fully saturated rings. The second-order valence-electron chi connectivity index (χ2n) is 8.15. The van der Waals surface area contributed by atoms with Crippen LogP contribution < -0.4 is 5.73 Å². The summed E-state index contributed by atoms with van der Waals surface area (Å²) in [5, 5.41) is 1.55. The number of halogens is 3. The van der Waals surface area contributed by atoms with Crippen LogP contribution in [-0.2, 0) is 27.1 Å². The highest BCUT2D eigenvalue weighted by Crippen LogP contribution is 2.34. The van der Waals surface area contributed by atoms with E-state index in [4.69, 9.17) is 15.3 Å². The third-order valence-corrected chi connectivity index (χ3v) is 4.64. The van der Waals surface area contributed by atoms with Gasteiger partial charge in [-0.3, -0.25) is 4.90 Å². The molecule has 0 atom stereocenters. The van der Waals surface area contributed by atoms with Crippen molar-refractivity contribution in [3.63, 3.8) is 0 Å². The molecule has 0 bridgehead atoms. The van der Waals surface area contributed by atoms with Gasteiger partial charge in [0.15, 0.2) is 0 Å². The number of carbonyl (C=O) groups excluding carboxylic acids is 2. The fourth-order valence-electron chi connectivity index (χ4n) is 2.86. The second-order valence-corrected chi connectivity index (χ2v) is 8.15. The lowest BCUT2D eigenvalue weighted by Gasteiger charge is -2.34. The number of hydrogen-bond acceptors (Lipinski definition) is 7. The number of anilines is 1. The number of hydroxylamine groups is 2. The van der Waals surface area contributed by atoms with Crippen LogP contribution in [0.15, 0.2) is 12.1 Å². The van der Waals surface area contributed by atoms with Gasteiger partial charge in [0, 0.05) is 32.7 Å². The van der Waals surface area contributed by atoms with Crippen molar-refractivity contribution in [1.29, 1.82) is 0 Å². The first-order chi connectivity index (χ1) is 13.8. The van der Waals surface area contributed by atoms with Gasteiger partial charge in [-0.1, -0.05) is 0 Å². The minimum absolute atomic E-state index is 0.0250. The molecule has 0 saturated carbocycles. The SMILES string of the molecule is CCOC(=O)c1cc(C(F)(F)F)cc(CN2CCN(OC(=O)C(C)(C)C)CC2)c1N. The molecule has 1 aliphatic heterocycles. The Balaban J connectivity index is 2.14. The van der Waals surface area contributed by atoms with Crippen molar-refractivity contribution < 1.29 is 32.3 Å². The van der Waals surface area contributed by atoms with Crippen LogP contribution in [0.3, 0.4) is 0 Å². The monoisotopic (exact) mass is 431 g/mol. The summed E-state index contributed by atoms with van der Waals surface area (Å²) in [6, 6.07) is 1.69. The maximum Gasteiger partial charge on any atom is 0.416 e. The molecule has 1 aliphatic rings. The zero-order valence-electron chi connectivity index (χ0n) is 17.6. The lowest BCUT2D eigenvalue weighted by atomic mass is 9.98. The lowest BCUT2D eigenvalue weighted by molar-refractivity contribution is -0.207. The van der Waals surface area contributed by atoms with Crippen LogP contribution in [0.4, 0.5) is 18.9 Å². The van der Waals surface area contributed by atoms with E-state index in [1.165, 1.54) is 0 Å². The van der Waals surface area contributed by atoms with E-state index in [0.29, 0.717) is 26.2 Å². The second kappa shape index (κ2) is 9.22. The van der Waals surface area contributed by atoms with Crippen LogP contribution in [0, 0.1) is 5.41 Å². The van der Waals surface area contributed by atoms with Crippen molar-refractivity contribution in [2.75, 3.05) is 38.5 Å². The Morgan fingerprint density at radius 2 is 1.70 bits per heavy atom. The Morgan fingerprint density at radius 1 is 1.10 bits per heavy atom. The first-order valence-corrected chi connectivity index (χ1v) is 9.69. The average Bonchev–Trinajstić information content (AvgIpc) is 2.63. The first kappa shape index (κ1) is 23.9. The molecular weight excluding hydrogens is 403 g/mol. The molecule has 30 heavy (non-hydrogen) atoms. The number of hydrogen-bond donors (Lipinski definition) is 1. The summed E-state index contributed by atoms with van der Waals surface area (Å²) in [6.07, 6.45) is -4.62. The summed E-state index contributed by atoms with van der Waals surface area (Å²) < 4.78 is 44.8. The Hall–Kier alpha value is -2.33. The van der Waals surface area contributed by atoms with Crippen LogP contribution in [0.1, 0.15) is 49.2 Å². The Bertz CT molecular complexity index is 783. The Kier molecular flexibility index (Phi) is 7.36. The largest absolute Gasteiger partial charge is 0.462 e. The van der Waals surface area contributed by atoms with Crippen LogP contribution >= 0.6 is 0 Å². The summed E-state index contributed by atoms with van der Waals surface area (Å²) in [5.74, 6) is -1.24. The van der Waals surface area contributed by atoms with Crippen LogP contribution in [-0.4, -0.2) is 54.7 Å². The molecular formula is C20H28F3N3O4. The molecule has 0 radical (unpaired) electrons. The number of benzene rings is 1. The molecule has 2 rings (SSSR count). The van der Waals surface area contributed by atoms with E-state index in [-0.39, 0.29) is 35.9 Å². The number of nitrogen functional groups attached to an aromatic ring is 1. The minimum Gasteiger partial charge on any atom is -0.462 e. The lowest BCUT2D eigenvalue weighted by Crippen LogP contribution is -2.47. The number of nitrogens with two attached hydrogens (primary N) is 1. The van der Waals surface area contributed by atoms with Gasteiger partial charge in [0.2, 0.25) is 0 Å². The molecule has 7 nitrogen and oxygen atoms in total. The van der Waals surface area contributed by atoms with E-state index in [2.05, 4.69) is 0 Å². The van der Waals surface area contributed by atoms with Gasteiger partial charge in [0.05, 0.1) is 28.8 Å². The highest BCUT2D eigenvalue weighted by molar-refractivity contribution is 5.96. The van der Waals surface area contributed by atoms with Crippen LogP contribution in [0.2, 0.25) is 0 Å². The topological polar surface area (TPSA) is 85.1 Å². The average molecular weight is 431 g/mol. The molecule has 0 aromatic heterocycles. The third-order valence-electron chi connectivity index (χ3n) is 4.64. The number of nitrogens with zero attached hydrogens (tertiary/aromatic N) is 2. The highest BCUT2D eigenvalue weighted by Gasteiger charge is 2.34.